The van der Waals surface area contributed by atoms with E-state index in [2.05, 4.69) is 20.6 Å². The predicted molar refractivity (Wildman–Crippen MR) is 214 cm³/mol. The summed E-state index contributed by atoms with van der Waals surface area (Å²) in [6, 6.07) is -1.33. The number of aryl methyl sites for hydroxylation is 1. The Labute approximate surface area is 345 Å². The fraction of sp³-hybridized carbons (Fsp3) is 0.800. The van der Waals surface area contributed by atoms with Crippen LogP contribution in [0.4, 0.5) is 9.18 Å². The largest absolute Gasteiger partial charge is 0.455 e. The number of methoxy groups -OCH3 is 1. The van der Waals surface area contributed by atoms with Crippen LogP contribution in [0.15, 0.2) is 17.8 Å². The van der Waals surface area contributed by atoms with Gasteiger partial charge in [-0.3, -0.25) is 14.4 Å². The number of esters is 1. The van der Waals surface area contributed by atoms with Crippen LogP contribution in [0, 0.1) is 11.8 Å². The van der Waals surface area contributed by atoms with E-state index in [4.69, 9.17) is 23.7 Å². The summed E-state index contributed by atoms with van der Waals surface area (Å²) in [4.78, 5) is 49.8. The summed E-state index contributed by atoms with van der Waals surface area (Å²) >= 11 is 1.48. The number of nitrogens with zero attached hydrogens (tertiary/aromatic N) is 6. The molecule has 0 radical (unpaired) electrons. The van der Waals surface area contributed by atoms with Crippen molar-refractivity contribution < 1.29 is 47.6 Å². The molecule has 3 saturated heterocycles. The molecule has 5 heterocycles. The number of aromatic nitrogens is 4. The van der Waals surface area contributed by atoms with Gasteiger partial charge in [-0.15, -0.1) is 16.4 Å². The average molecular weight is 838 g/mol. The van der Waals surface area contributed by atoms with Gasteiger partial charge in [0.2, 0.25) is 0 Å². The SMILES string of the molecule is CC[C@H]1OC(=O)C(C)(F)C(=O)[C@@H](C)[C@@H](O[C@@H]2OC(C)CC(N(C)C)C2O)[C@](C)(OC)C[C@@H](C)CN[C@H](C)[C@H]2N(CCCCn3cc(-c4nccs4)nn3)C(=O)O[C@]12C. The summed E-state index contributed by atoms with van der Waals surface area (Å²) < 4.78 is 49.5. The van der Waals surface area contributed by atoms with Gasteiger partial charge in [0.1, 0.15) is 22.9 Å². The summed E-state index contributed by atoms with van der Waals surface area (Å²) in [5.41, 5.74) is -5.06. The molecule has 3 aliphatic rings. The number of alkyl halides is 1. The van der Waals surface area contributed by atoms with E-state index in [9.17, 15) is 19.5 Å². The molecule has 326 valence electrons. The van der Waals surface area contributed by atoms with Crippen molar-refractivity contribution in [3.8, 4) is 10.7 Å². The van der Waals surface area contributed by atoms with Crippen molar-refractivity contribution in [2.75, 3.05) is 34.3 Å². The summed E-state index contributed by atoms with van der Waals surface area (Å²) in [6.45, 7) is 14.8. The summed E-state index contributed by atoms with van der Waals surface area (Å²) in [6.07, 6.45) is 0.517. The second-order valence-corrected chi connectivity index (χ2v) is 18.1. The smallest absolute Gasteiger partial charge is 0.410 e. The standard InChI is InChI=1S/C40H64FN7O9S/c1-12-29-40(8)31(48(37(52)57-40)17-14-13-16-47-22-27(44-45-47)34-42-15-18-58-34)26(5)43-21-23(2)20-38(6,53-11)33(25(4)32(50)39(7,41)36(51)55-29)56-35-30(49)28(46(9)10)19-24(3)54-35/h15,18,22-26,28-31,33,35,43,49H,12-14,16-17,19-21H2,1-11H3/t23-,24?,25-,26-,28?,29-,30?,31-,33-,35+,38-,39?,40-/m1/s1. The van der Waals surface area contributed by atoms with Crippen LogP contribution in [0.2, 0.25) is 0 Å². The topological polar surface area (TPSA) is 180 Å². The van der Waals surface area contributed by atoms with Crippen LogP contribution in [0.3, 0.4) is 0 Å². The molecular weight excluding hydrogens is 774 g/mol. The molecule has 18 heteroatoms. The Bertz CT molecular complexity index is 1700. The first kappa shape index (κ1) is 45.9. The number of hydrogen-bond acceptors (Lipinski definition) is 15. The fourth-order valence-corrected chi connectivity index (χ4v) is 9.66. The number of carbonyl (C=O) groups is 3. The summed E-state index contributed by atoms with van der Waals surface area (Å²) in [7, 11) is 5.21. The van der Waals surface area contributed by atoms with Crippen molar-refractivity contribution in [2.24, 2.45) is 11.8 Å². The number of rotatable bonds is 11. The zero-order valence-electron chi connectivity index (χ0n) is 35.8. The Kier molecular flexibility index (Phi) is 14.8. The maximum absolute atomic E-state index is 16.9. The molecule has 4 unspecified atom stereocenters. The van der Waals surface area contributed by atoms with E-state index in [1.54, 1.807) is 36.5 Å². The van der Waals surface area contributed by atoms with Crippen LogP contribution in [-0.4, -0.2) is 153 Å². The minimum atomic E-state index is -3.13. The molecule has 13 atom stereocenters. The van der Waals surface area contributed by atoms with Gasteiger partial charge >= 0.3 is 12.1 Å². The van der Waals surface area contributed by atoms with E-state index in [1.165, 1.54) is 25.4 Å². The van der Waals surface area contributed by atoms with Crippen LogP contribution in [0.5, 0.6) is 0 Å². The van der Waals surface area contributed by atoms with Gasteiger partial charge in [0.05, 0.1) is 30.0 Å². The molecule has 2 aromatic heterocycles. The number of ketones is 1. The Morgan fingerprint density at radius 3 is 2.47 bits per heavy atom. The molecule has 16 nitrogen and oxygen atoms in total. The fourth-order valence-electron chi connectivity index (χ4n) is 9.07. The highest BCUT2D eigenvalue weighted by Crippen LogP contribution is 2.41. The third kappa shape index (κ3) is 9.58. The number of likely N-dealkylation sites (N-methyl/N-ethyl adjacent to an activating group) is 1. The lowest BCUT2D eigenvalue weighted by Gasteiger charge is -2.47. The second kappa shape index (κ2) is 18.6. The highest BCUT2D eigenvalue weighted by Gasteiger charge is 2.60. The van der Waals surface area contributed by atoms with Crippen molar-refractivity contribution in [3.05, 3.63) is 17.8 Å². The van der Waals surface area contributed by atoms with Crippen molar-refractivity contribution in [1.82, 2.24) is 35.1 Å². The molecule has 0 aromatic carbocycles. The lowest BCUT2D eigenvalue weighted by atomic mass is 9.78. The van der Waals surface area contributed by atoms with Gasteiger partial charge in [-0.1, -0.05) is 26.0 Å². The van der Waals surface area contributed by atoms with Crippen LogP contribution in [0.25, 0.3) is 10.7 Å². The van der Waals surface area contributed by atoms with Gasteiger partial charge in [-0.05, 0) is 93.3 Å². The van der Waals surface area contributed by atoms with E-state index < -0.39 is 71.3 Å². The molecule has 0 aliphatic carbocycles. The Morgan fingerprint density at radius 2 is 1.83 bits per heavy atom. The number of halogens is 1. The molecule has 0 spiro atoms. The van der Waals surface area contributed by atoms with Crippen LogP contribution in [-0.2, 0) is 39.8 Å². The van der Waals surface area contributed by atoms with Crippen LogP contribution >= 0.6 is 11.3 Å². The number of Topliss-reactive ketones (excluding diaryl/α,β-unsaturated/α-hetero) is 1. The second-order valence-electron chi connectivity index (χ2n) is 17.2. The van der Waals surface area contributed by atoms with Crippen molar-refractivity contribution in [3.63, 3.8) is 0 Å². The van der Waals surface area contributed by atoms with E-state index in [-0.39, 0.29) is 30.5 Å². The number of carbonyl (C=O) groups excluding carboxylic acids is 3. The third-order valence-electron chi connectivity index (χ3n) is 12.3. The number of aliphatic hydroxyl groups excluding tert-OH is 1. The van der Waals surface area contributed by atoms with E-state index in [1.807, 2.05) is 51.3 Å². The molecule has 2 N–H and O–H groups in total. The molecule has 1 amide bonds. The maximum Gasteiger partial charge on any atom is 0.410 e. The van der Waals surface area contributed by atoms with Gasteiger partial charge in [-0.25, -0.2) is 19.0 Å². The maximum atomic E-state index is 16.9. The highest BCUT2D eigenvalue weighted by atomic mass is 32.1. The highest BCUT2D eigenvalue weighted by molar-refractivity contribution is 7.13. The quantitative estimate of drug-likeness (QED) is 0.186. The third-order valence-corrected chi connectivity index (χ3v) is 13.1. The first-order chi connectivity index (χ1) is 27.3. The van der Waals surface area contributed by atoms with Gasteiger partial charge < -0.3 is 39.0 Å². The molecule has 2 aromatic rings. The van der Waals surface area contributed by atoms with E-state index in [0.29, 0.717) is 51.0 Å². The number of thiazole rings is 1. The van der Waals surface area contributed by atoms with Crippen LogP contribution < -0.4 is 5.32 Å². The molecule has 0 saturated carbocycles. The van der Waals surface area contributed by atoms with E-state index in [0.717, 1.165) is 11.9 Å². The zero-order valence-corrected chi connectivity index (χ0v) is 36.7. The van der Waals surface area contributed by atoms with Crippen molar-refractivity contribution in [1.29, 1.82) is 0 Å². The summed E-state index contributed by atoms with van der Waals surface area (Å²) in [5.74, 6) is -3.84. The first-order valence-corrected chi connectivity index (χ1v) is 21.3. The number of aliphatic hydroxyl groups is 1. The average Bonchev–Trinajstić information content (AvgIpc) is 3.93. The number of nitrogens with one attached hydrogen (secondary N) is 1. The Morgan fingerprint density at radius 1 is 1.12 bits per heavy atom. The number of ether oxygens (including phenoxy) is 5. The minimum Gasteiger partial charge on any atom is -0.455 e. The lowest BCUT2D eigenvalue weighted by Crippen LogP contribution is -2.61. The van der Waals surface area contributed by atoms with Gasteiger partial charge in [0.25, 0.3) is 5.67 Å². The minimum absolute atomic E-state index is 0.108. The molecule has 3 aliphatic heterocycles. The van der Waals surface area contributed by atoms with Crippen LogP contribution in [0.1, 0.15) is 87.5 Å². The number of fused-ring (bicyclic) bond motifs is 1. The number of cyclic esters (lactones) is 1. The molecule has 0 bridgehead atoms. The molecule has 5 rings (SSSR count). The Balaban J connectivity index is 1.41. The predicted octanol–water partition coefficient (Wildman–Crippen LogP) is 4.25. The number of hydrogen-bond donors (Lipinski definition) is 2. The van der Waals surface area contributed by atoms with Crippen molar-refractivity contribution in [2.45, 2.75) is 160 Å². The Hall–Kier alpha value is -3.13. The van der Waals surface area contributed by atoms with Gasteiger partial charge in [0.15, 0.2) is 17.7 Å². The molecular formula is C40H64FN7O9S. The lowest BCUT2D eigenvalue weighted by molar-refractivity contribution is -0.295. The van der Waals surface area contributed by atoms with Gasteiger partial charge in [-0.2, -0.15) is 0 Å². The summed E-state index contributed by atoms with van der Waals surface area (Å²) in [5, 5.41) is 26.1. The number of unbranched alkanes of at least 4 members (excludes halogenated alkanes) is 1. The van der Waals surface area contributed by atoms with Gasteiger partial charge in [0, 0.05) is 49.8 Å². The monoisotopic (exact) mass is 837 g/mol. The van der Waals surface area contributed by atoms with E-state index >= 15 is 4.39 Å². The molecule has 3 fully saturated rings. The normalized spacial score (nSPS) is 38.2. The van der Waals surface area contributed by atoms with Crippen molar-refractivity contribution >= 4 is 29.2 Å². The number of amides is 1. The first-order valence-electron chi connectivity index (χ1n) is 20.4. The molecule has 58 heavy (non-hydrogen) atoms. The zero-order chi connectivity index (χ0) is 42.7.